The first-order chi connectivity index (χ1) is 4.24. The van der Waals surface area contributed by atoms with Crippen LogP contribution in [0, 0.1) is 0 Å². The lowest BCUT2D eigenvalue weighted by molar-refractivity contribution is 0.0226. The minimum atomic E-state index is -1.94. The van der Waals surface area contributed by atoms with E-state index < -0.39 is 6.96 Å². The Labute approximate surface area is 56.6 Å². The first-order valence-electron chi connectivity index (χ1n) is 2.58. The van der Waals surface area contributed by atoms with E-state index in [1.54, 1.807) is 0 Å². The molecule has 0 atom stereocenters. The Kier molecular flexibility index (Phi) is 3.80. The lowest BCUT2D eigenvalue weighted by Gasteiger charge is -2.34. The van der Waals surface area contributed by atoms with Gasteiger partial charge in [-0.2, -0.15) is 0 Å². The standard InChI is InChI=1S/C4H12BO4/c1-6-5(7-2,8-3)9-4/h1-4H3/q-1/p+1. The molecule has 0 amide bonds. The lowest BCUT2D eigenvalue weighted by Crippen LogP contribution is -2.45. The summed E-state index contributed by atoms with van der Waals surface area (Å²) in [4.78, 5) is 0. The molecule has 0 bridgehead atoms. The normalized spacial score (nSPS) is 12.0. The van der Waals surface area contributed by atoms with Crippen molar-refractivity contribution in [2.45, 2.75) is 0 Å². The second-order valence-electron chi connectivity index (χ2n) is 1.52. The van der Waals surface area contributed by atoms with Gasteiger partial charge in [0.25, 0.3) is 0 Å². The van der Waals surface area contributed by atoms with E-state index in [2.05, 4.69) is 0 Å². The van der Waals surface area contributed by atoms with Gasteiger partial charge in [0, 0.05) is 0 Å². The van der Waals surface area contributed by atoms with Gasteiger partial charge in [0.2, 0.25) is 0 Å². The predicted molar refractivity (Wildman–Crippen MR) is 34.9 cm³/mol. The first kappa shape index (κ1) is 8.90. The van der Waals surface area contributed by atoms with Crippen LogP contribution in [0.5, 0.6) is 0 Å². The molecule has 0 heterocycles. The summed E-state index contributed by atoms with van der Waals surface area (Å²) in [5.41, 5.74) is 0. The Morgan fingerprint density at radius 2 is 1.00 bits per heavy atom. The van der Waals surface area contributed by atoms with Gasteiger partial charge >= 0.3 is 8.38 Å². The summed E-state index contributed by atoms with van der Waals surface area (Å²) in [5.74, 6) is 0. The molecule has 0 fully saturated rings. The van der Waals surface area contributed by atoms with Crippen LogP contribution >= 0.6 is 0 Å². The minimum Gasteiger partial charge on any atom is -0.521 e. The molecule has 0 unspecified atom stereocenters. The van der Waals surface area contributed by atoms with E-state index in [9.17, 15) is 0 Å². The summed E-state index contributed by atoms with van der Waals surface area (Å²) in [6, 6.07) is 0. The third-order valence-corrected chi connectivity index (χ3v) is 1.15. The van der Waals surface area contributed by atoms with E-state index in [4.69, 9.17) is 18.6 Å². The van der Waals surface area contributed by atoms with E-state index in [0.29, 0.717) is 0 Å². The molecule has 0 saturated heterocycles. The van der Waals surface area contributed by atoms with Crippen molar-refractivity contribution in [2.75, 3.05) is 28.4 Å². The van der Waals surface area contributed by atoms with Crippen molar-refractivity contribution < 1.29 is 20.0 Å². The van der Waals surface area contributed by atoms with Crippen LogP contribution < -0.4 is 0 Å². The molecule has 0 aromatic rings. The Bertz CT molecular complexity index is 60.1. The zero-order valence-electron chi connectivity index (χ0n) is 7.21. The SMILES string of the molecule is CO[B-](OC)(OC)OC.[H+]. The van der Waals surface area contributed by atoms with E-state index in [0.717, 1.165) is 0 Å². The quantitative estimate of drug-likeness (QED) is 0.514. The van der Waals surface area contributed by atoms with Crippen molar-refractivity contribution in [3.63, 3.8) is 0 Å². The molecule has 0 aromatic heterocycles. The van der Waals surface area contributed by atoms with Crippen LogP contribution in [-0.2, 0) is 18.6 Å². The molecule has 0 aliphatic rings. The smallest absolute Gasteiger partial charge is 0.521 e. The second kappa shape index (κ2) is 3.84. The average molecular weight is 136 g/mol. The van der Waals surface area contributed by atoms with Crippen LogP contribution in [0.1, 0.15) is 1.43 Å². The van der Waals surface area contributed by atoms with E-state index in [1.165, 1.54) is 28.4 Å². The molecule has 0 saturated carbocycles. The molecule has 5 heteroatoms. The molecule has 0 N–H and O–H groups in total. The van der Waals surface area contributed by atoms with Gasteiger partial charge in [-0.05, 0) is 28.4 Å². The molecule has 0 aliphatic heterocycles. The summed E-state index contributed by atoms with van der Waals surface area (Å²) >= 11 is 0. The molecule has 0 spiro atoms. The highest BCUT2D eigenvalue weighted by molar-refractivity contribution is 6.53. The third-order valence-electron chi connectivity index (χ3n) is 1.15. The fraction of sp³-hybridized carbons (Fsp3) is 1.00. The van der Waals surface area contributed by atoms with E-state index in [-0.39, 0.29) is 1.43 Å². The molecule has 0 rings (SSSR count). The van der Waals surface area contributed by atoms with Gasteiger partial charge in [0.1, 0.15) is 0 Å². The lowest BCUT2D eigenvalue weighted by atomic mass is 10.1. The predicted octanol–water partition coefficient (Wildman–Crippen LogP) is 0.120. The summed E-state index contributed by atoms with van der Waals surface area (Å²) < 4.78 is 19.1. The number of hydrogen-bond acceptors (Lipinski definition) is 4. The van der Waals surface area contributed by atoms with Crippen molar-refractivity contribution in [1.82, 2.24) is 0 Å². The Balaban J connectivity index is 0. The fourth-order valence-electron chi connectivity index (χ4n) is 0.577. The van der Waals surface area contributed by atoms with Crippen LogP contribution in [0.2, 0.25) is 0 Å². The summed E-state index contributed by atoms with van der Waals surface area (Å²) in [7, 11) is 5.82. The largest absolute Gasteiger partial charge is 1.00 e. The Morgan fingerprint density at radius 3 is 1.00 bits per heavy atom. The first-order valence-corrected chi connectivity index (χ1v) is 2.58. The van der Waals surface area contributed by atoms with Crippen molar-refractivity contribution in [2.24, 2.45) is 0 Å². The van der Waals surface area contributed by atoms with Gasteiger partial charge in [-0.15, -0.1) is 0 Å². The van der Waals surface area contributed by atoms with Gasteiger partial charge in [-0.1, -0.05) is 0 Å². The highest BCUT2D eigenvalue weighted by atomic mass is 16.9. The Hall–Kier alpha value is -0.0951. The van der Waals surface area contributed by atoms with Gasteiger partial charge in [-0.25, -0.2) is 0 Å². The molecule has 0 aromatic carbocycles. The minimum absolute atomic E-state index is 0. The zero-order chi connectivity index (χ0) is 7.33. The number of rotatable bonds is 4. The Morgan fingerprint density at radius 1 is 0.778 bits per heavy atom. The molecule has 4 nitrogen and oxygen atoms in total. The molecule has 0 radical (unpaired) electrons. The van der Waals surface area contributed by atoms with Gasteiger partial charge < -0.3 is 18.6 Å². The number of hydrogen-bond donors (Lipinski definition) is 0. The van der Waals surface area contributed by atoms with Crippen molar-refractivity contribution >= 4 is 6.96 Å². The second-order valence-corrected chi connectivity index (χ2v) is 1.52. The molecule has 9 heavy (non-hydrogen) atoms. The van der Waals surface area contributed by atoms with Gasteiger partial charge in [-0.3, -0.25) is 0 Å². The van der Waals surface area contributed by atoms with Gasteiger partial charge in [0.15, 0.2) is 0 Å². The highest BCUT2D eigenvalue weighted by Crippen LogP contribution is 2.04. The molecule has 56 valence electrons. The fourth-order valence-corrected chi connectivity index (χ4v) is 0.577. The van der Waals surface area contributed by atoms with E-state index in [1.807, 2.05) is 0 Å². The summed E-state index contributed by atoms with van der Waals surface area (Å²) in [6.07, 6.45) is 0. The van der Waals surface area contributed by atoms with Crippen LogP contribution in [0.15, 0.2) is 0 Å². The highest BCUT2D eigenvalue weighted by Gasteiger charge is 2.25. The average Bonchev–Trinajstić information content (AvgIpc) is 1.95. The van der Waals surface area contributed by atoms with Gasteiger partial charge in [0.05, 0.1) is 0 Å². The van der Waals surface area contributed by atoms with Crippen molar-refractivity contribution in [3.8, 4) is 0 Å². The summed E-state index contributed by atoms with van der Waals surface area (Å²) in [6.45, 7) is -1.94. The van der Waals surface area contributed by atoms with Crippen LogP contribution in [-0.4, -0.2) is 35.4 Å². The summed E-state index contributed by atoms with van der Waals surface area (Å²) in [5, 5.41) is 0. The monoisotopic (exact) mass is 136 g/mol. The van der Waals surface area contributed by atoms with Crippen molar-refractivity contribution in [3.05, 3.63) is 0 Å². The van der Waals surface area contributed by atoms with E-state index >= 15 is 0 Å². The third kappa shape index (κ3) is 1.94. The van der Waals surface area contributed by atoms with Crippen molar-refractivity contribution in [1.29, 1.82) is 0 Å². The molecular weight excluding hydrogens is 123 g/mol. The maximum atomic E-state index is 4.78. The van der Waals surface area contributed by atoms with Crippen LogP contribution in [0.3, 0.4) is 0 Å². The van der Waals surface area contributed by atoms with Crippen LogP contribution in [0.4, 0.5) is 0 Å². The zero-order valence-corrected chi connectivity index (χ0v) is 6.21. The molecule has 0 aliphatic carbocycles. The van der Waals surface area contributed by atoms with Crippen LogP contribution in [0.25, 0.3) is 0 Å². The molecular formula is C4H13BO4. The maximum absolute atomic E-state index is 4.78. The maximum Gasteiger partial charge on any atom is 1.00 e. The topological polar surface area (TPSA) is 36.9 Å².